The molecule has 2 atom stereocenters. The van der Waals surface area contributed by atoms with Crippen LogP contribution >= 0.6 is 0 Å². The van der Waals surface area contributed by atoms with E-state index in [2.05, 4.69) is 4.74 Å². The molecule has 0 radical (unpaired) electrons. The number of ether oxygens (including phenoxy) is 2. The summed E-state index contributed by atoms with van der Waals surface area (Å²) < 4.78 is 48.5. The fraction of sp³-hybridized carbons (Fsp3) is 0.462. The van der Waals surface area contributed by atoms with Crippen molar-refractivity contribution in [2.45, 2.75) is 31.2 Å². The zero-order valence-corrected chi connectivity index (χ0v) is 10.2. The maximum atomic E-state index is 12.9. The van der Waals surface area contributed by atoms with Gasteiger partial charge in [-0.05, 0) is 24.5 Å². The van der Waals surface area contributed by atoms with Crippen LogP contribution in [0.25, 0.3) is 0 Å². The van der Waals surface area contributed by atoms with Crippen LogP contribution in [-0.4, -0.2) is 19.2 Å². The Bertz CT molecular complexity index is 470. The van der Waals surface area contributed by atoms with E-state index in [9.17, 15) is 18.0 Å². The summed E-state index contributed by atoms with van der Waals surface area (Å²) in [5.74, 6) is -0.549. The molecule has 0 bridgehead atoms. The lowest BCUT2D eigenvalue weighted by atomic mass is 10.00. The van der Waals surface area contributed by atoms with Crippen molar-refractivity contribution >= 4 is 5.97 Å². The highest BCUT2D eigenvalue weighted by Crippen LogP contribution is 2.40. The zero-order chi connectivity index (χ0) is 14.0. The van der Waals surface area contributed by atoms with E-state index in [4.69, 9.17) is 4.74 Å². The quantitative estimate of drug-likeness (QED) is 0.777. The average Bonchev–Trinajstić information content (AvgIpc) is 2.86. The molecule has 0 spiro atoms. The first-order valence-corrected chi connectivity index (χ1v) is 5.83. The van der Waals surface area contributed by atoms with Gasteiger partial charge in [0.15, 0.2) is 6.10 Å². The van der Waals surface area contributed by atoms with Gasteiger partial charge in [-0.15, -0.1) is 0 Å². The molecule has 6 heteroatoms. The Hall–Kier alpha value is -1.56. The van der Waals surface area contributed by atoms with Gasteiger partial charge in [-0.2, -0.15) is 13.2 Å². The molecule has 104 valence electrons. The van der Waals surface area contributed by atoms with Crippen LogP contribution in [0.1, 0.15) is 30.1 Å². The number of methoxy groups -OCH3 is 1. The summed E-state index contributed by atoms with van der Waals surface area (Å²) in [4.78, 5) is 11.3. The summed E-state index contributed by atoms with van der Waals surface area (Å²) in [6.45, 7) is 0. The molecule has 1 aliphatic rings. The number of benzene rings is 1. The fourth-order valence-corrected chi connectivity index (χ4v) is 2.21. The third kappa shape index (κ3) is 2.89. The lowest BCUT2D eigenvalue weighted by molar-refractivity contribution is -0.153. The molecule has 0 N–H and O–H groups in total. The molecule has 1 fully saturated rings. The molecule has 0 amide bonds. The summed E-state index contributed by atoms with van der Waals surface area (Å²) in [7, 11) is 1.22. The van der Waals surface area contributed by atoms with Crippen LogP contribution in [0.3, 0.4) is 0 Å². The van der Waals surface area contributed by atoms with Crippen LogP contribution in [0.5, 0.6) is 0 Å². The van der Waals surface area contributed by atoms with Gasteiger partial charge in [0.1, 0.15) is 0 Å². The van der Waals surface area contributed by atoms with Crippen molar-refractivity contribution in [1.82, 2.24) is 0 Å². The van der Waals surface area contributed by atoms with E-state index < -0.39 is 29.9 Å². The second kappa shape index (κ2) is 5.21. The van der Waals surface area contributed by atoms with Gasteiger partial charge in [0.2, 0.25) is 0 Å². The van der Waals surface area contributed by atoms with Gasteiger partial charge in [-0.1, -0.05) is 18.2 Å². The van der Waals surface area contributed by atoms with E-state index >= 15 is 0 Å². The third-order valence-electron chi connectivity index (χ3n) is 3.10. The van der Waals surface area contributed by atoms with Crippen LogP contribution in [-0.2, 0) is 20.4 Å². The van der Waals surface area contributed by atoms with Gasteiger partial charge < -0.3 is 9.47 Å². The van der Waals surface area contributed by atoms with Crippen LogP contribution < -0.4 is 0 Å². The molecule has 0 aliphatic carbocycles. The Labute approximate surface area is 108 Å². The number of carbonyl (C=O) groups is 1. The molecular formula is C13H13F3O3. The van der Waals surface area contributed by atoms with Crippen LogP contribution in [0.15, 0.2) is 24.3 Å². The number of alkyl halides is 3. The number of hydrogen-bond donors (Lipinski definition) is 0. The molecule has 19 heavy (non-hydrogen) atoms. The Balaban J connectivity index is 2.23. The van der Waals surface area contributed by atoms with Gasteiger partial charge in [0.25, 0.3) is 0 Å². The number of rotatable bonds is 2. The van der Waals surface area contributed by atoms with Gasteiger partial charge in [-0.3, -0.25) is 0 Å². The van der Waals surface area contributed by atoms with Crippen LogP contribution in [0.2, 0.25) is 0 Å². The molecule has 0 unspecified atom stereocenters. The zero-order valence-electron chi connectivity index (χ0n) is 10.2. The number of carbonyl (C=O) groups excluding carboxylic acids is 1. The summed E-state index contributed by atoms with van der Waals surface area (Å²) in [5, 5.41) is 0. The fourth-order valence-electron chi connectivity index (χ4n) is 2.21. The minimum Gasteiger partial charge on any atom is -0.467 e. The highest BCUT2D eigenvalue weighted by Gasteiger charge is 2.39. The van der Waals surface area contributed by atoms with Gasteiger partial charge in [0.05, 0.1) is 18.8 Å². The third-order valence-corrected chi connectivity index (χ3v) is 3.10. The smallest absolute Gasteiger partial charge is 0.416 e. The first-order chi connectivity index (χ1) is 8.93. The Morgan fingerprint density at radius 1 is 1.32 bits per heavy atom. The molecule has 1 aromatic rings. The minimum atomic E-state index is -4.43. The summed E-state index contributed by atoms with van der Waals surface area (Å²) in [6.07, 6.45) is -5.20. The van der Waals surface area contributed by atoms with Gasteiger partial charge >= 0.3 is 12.1 Å². The van der Waals surface area contributed by atoms with E-state index in [-0.39, 0.29) is 5.56 Å². The second-order valence-corrected chi connectivity index (χ2v) is 4.30. The second-order valence-electron chi connectivity index (χ2n) is 4.30. The Morgan fingerprint density at radius 2 is 2.00 bits per heavy atom. The highest BCUT2D eigenvalue weighted by molar-refractivity contribution is 5.74. The highest BCUT2D eigenvalue weighted by atomic mass is 19.4. The lowest BCUT2D eigenvalue weighted by Crippen LogP contribution is -2.21. The summed E-state index contributed by atoms with van der Waals surface area (Å²) in [6, 6.07) is 5.26. The molecule has 1 saturated heterocycles. The van der Waals surface area contributed by atoms with E-state index in [0.717, 1.165) is 6.07 Å². The predicted octanol–water partition coefficient (Wildman–Crippen LogP) is 3.10. The molecule has 0 saturated carbocycles. The van der Waals surface area contributed by atoms with E-state index in [1.807, 2.05) is 0 Å². The largest absolute Gasteiger partial charge is 0.467 e. The van der Waals surface area contributed by atoms with E-state index in [1.165, 1.54) is 25.3 Å². The molecule has 1 aromatic carbocycles. The van der Waals surface area contributed by atoms with E-state index in [1.54, 1.807) is 0 Å². The van der Waals surface area contributed by atoms with Crippen molar-refractivity contribution in [3.63, 3.8) is 0 Å². The molecular weight excluding hydrogens is 261 g/mol. The normalized spacial score (nSPS) is 23.4. The van der Waals surface area contributed by atoms with Crippen molar-refractivity contribution in [2.75, 3.05) is 7.11 Å². The van der Waals surface area contributed by atoms with Gasteiger partial charge in [-0.25, -0.2) is 4.79 Å². The Morgan fingerprint density at radius 3 is 2.63 bits per heavy atom. The topological polar surface area (TPSA) is 35.5 Å². The Kier molecular flexibility index (Phi) is 3.80. The van der Waals surface area contributed by atoms with Crippen molar-refractivity contribution in [3.8, 4) is 0 Å². The maximum Gasteiger partial charge on any atom is 0.416 e. The average molecular weight is 274 g/mol. The molecule has 2 rings (SSSR count). The summed E-state index contributed by atoms with van der Waals surface area (Å²) >= 11 is 0. The number of halogens is 3. The summed E-state index contributed by atoms with van der Waals surface area (Å²) in [5.41, 5.74) is -0.646. The van der Waals surface area contributed by atoms with Crippen LogP contribution in [0.4, 0.5) is 13.2 Å². The first-order valence-electron chi connectivity index (χ1n) is 5.83. The predicted molar refractivity (Wildman–Crippen MR) is 60.3 cm³/mol. The molecule has 1 heterocycles. The minimum absolute atomic E-state index is 0.0707. The first kappa shape index (κ1) is 13.9. The SMILES string of the molecule is COC(=O)[C@@H]1CC[C@H](c2ccccc2C(F)(F)F)O1. The van der Waals surface area contributed by atoms with Crippen molar-refractivity contribution in [1.29, 1.82) is 0 Å². The van der Waals surface area contributed by atoms with Gasteiger partial charge in [0, 0.05) is 0 Å². The molecule has 1 aliphatic heterocycles. The monoisotopic (exact) mass is 274 g/mol. The molecule has 3 nitrogen and oxygen atoms in total. The maximum absolute atomic E-state index is 12.9. The van der Waals surface area contributed by atoms with E-state index in [0.29, 0.717) is 12.8 Å². The standard InChI is InChI=1S/C13H13F3O3/c1-18-12(17)11-7-6-10(19-11)8-4-2-3-5-9(8)13(14,15)16/h2-5,10-11H,6-7H2,1H3/t10-,11+/m1/s1. The van der Waals surface area contributed by atoms with Crippen molar-refractivity contribution in [3.05, 3.63) is 35.4 Å². The van der Waals surface area contributed by atoms with Crippen LogP contribution in [0, 0.1) is 0 Å². The lowest BCUT2D eigenvalue weighted by Gasteiger charge is -2.18. The van der Waals surface area contributed by atoms with Crippen molar-refractivity contribution in [2.24, 2.45) is 0 Å². The number of esters is 1. The number of hydrogen-bond acceptors (Lipinski definition) is 3. The molecule has 0 aromatic heterocycles. The van der Waals surface area contributed by atoms with Crippen molar-refractivity contribution < 1.29 is 27.4 Å².